The lowest BCUT2D eigenvalue weighted by molar-refractivity contribution is 0.249. The van der Waals surface area contributed by atoms with E-state index in [1.54, 1.807) is 0 Å². The van der Waals surface area contributed by atoms with E-state index in [1.165, 1.54) is 32.1 Å². The maximum Gasteiger partial charge on any atom is 0.164 e. The van der Waals surface area contributed by atoms with Crippen LogP contribution in [-0.2, 0) is 6.54 Å². The molecule has 1 saturated carbocycles. The maximum atomic E-state index is 5.57. The third-order valence-electron chi connectivity index (χ3n) is 3.60. The fourth-order valence-corrected chi connectivity index (χ4v) is 3.11. The van der Waals surface area contributed by atoms with Gasteiger partial charge in [0.25, 0.3) is 0 Å². The van der Waals surface area contributed by atoms with E-state index >= 15 is 0 Å². The highest BCUT2D eigenvalue weighted by atomic mass is 127. The molecule has 2 nitrogen and oxygen atoms in total. The molecular weight excluding hydrogens is 313 g/mol. The standard InChI is InChI=1S/C13H20INO/c1-2-10-5-3-4-6-12(10)15-9-11-7-8-13(14)16-11/h7-8,10,12,15H,2-6,9H2,1H3. The smallest absolute Gasteiger partial charge is 0.164 e. The number of nitrogens with one attached hydrogen (secondary N) is 1. The van der Waals surface area contributed by atoms with Crippen LogP contribution in [0.2, 0.25) is 0 Å². The van der Waals surface area contributed by atoms with Gasteiger partial charge in [-0.25, -0.2) is 0 Å². The van der Waals surface area contributed by atoms with Gasteiger partial charge in [0.2, 0.25) is 0 Å². The second-order valence-corrected chi connectivity index (χ2v) is 5.71. The van der Waals surface area contributed by atoms with Crippen molar-refractivity contribution in [1.29, 1.82) is 0 Å². The summed E-state index contributed by atoms with van der Waals surface area (Å²) in [6, 6.07) is 4.79. The van der Waals surface area contributed by atoms with Crippen molar-refractivity contribution in [3.8, 4) is 0 Å². The Morgan fingerprint density at radius 1 is 1.38 bits per heavy atom. The van der Waals surface area contributed by atoms with Crippen LogP contribution < -0.4 is 5.32 Å². The van der Waals surface area contributed by atoms with Crippen molar-refractivity contribution >= 4 is 22.6 Å². The minimum Gasteiger partial charge on any atom is -0.454 e. The summed E-state index contributed by atoms with van der Waals surface area (Å²) in [5, 5.41) is 3.66. The van der Waals surface area contributed by atoms with E-state index in [2.05, 4.69) is 40.9 Å². The molecule has 1 aromatic rings. The Morgan fingerprint density at radius 3 is 2.88 bits per heavy atom. The third-order valence-corrected chi connectivity index (χ3v) is 4.18. The summed E-state index contributed by atoms with van der Waals surface area (Å²) in [6.07, 6.45) is 6.81. The molecule has 0 spiro atoms. The molecule has 0 radical (unpaired) electrons. The molecule has 1 aliphatic rings. The predicted molar refractivity (Wildman–Crippen MR) is 74.3 cm³/mol. The fraction of sp³-hybridized carbons (Fsp3) is 0.692. The molecule has 1 fully saturated rings. The first-order valence-electron chi connectivity index (χ1n) is 6.27. The lowest BCUT2D eigenvalue weighted by Crippen LogP contribution is -2.37. The summed E-state index contributed by atoms with van der Waals surface area (Å²) < 4.78 is 6.54. The van der Waals surface area contributed by atoms with Crippen LogP contribution in [0.15, 0.2) is 16.5 Å². The SMILES string of the molecule is CCC1CCCCC1NCc1ccc(I)o1. The molecule has 2 rings (SSSR count). The van der Waals surface area contributed by atoms with Crippen molar-refractivity contribution in [3.05, 3.63) is 21.7 Å². The zero-order valence-corrected chi connectivity index (χ0v) is 12.0. The molecule has 1 N–H and O–H groups in total. The van der Waals surface area contributed by atoms with Gasteiger partial charge in [0.15, 0.2) is 3.77 Å². The summed E-state index contributed by atoms with van der Waals surface area (Å²) in [6.45, 7) is 3.19. The fourth-order valence-electron chi connectivity index (χ4n) is 2.64. The lowest BCUT2D eigenvalue weighted by Gasteiger charge is -2.31. The normalized spacial score (nSPS) is 25.9. The second-order valence-electron chi connectivity index (χ2n) is 4.65. The molecule has 0 amide bonds. The van der Waals surface area contributed by atoms with Gasteiger partial charge in [0.1, 0.15) is 5.76 Å². The van der Waals surface area contributed by atoms with Crippen LogP contribution in [0.5, 0.6) is 0 Å². The summed E-state index contributed by atoms with van der Waals surface area (Å²) >= 11 is 2.21. The molecule has 3 heteroatoms. The van der Waals surface area contributed by atoms with Crippen LogP contribution >= 0.6 is 22.6 Å². The summed E-state index contributed by atoms with van der Waals surface area (Å²) in [7, 11) is 0. The number of rotatable bonds is 4. The van der Waals surface area contributed by atoms with Gasteiger partial charge in [-0.2, -0.15) is 0 Å². The van der Waals surface area contributed by atoms with Gasteiger partial charge in [0, 0.05) is 6.04 Å². The highest BCUT2D eigenvalue weighted by Crippen LogP contribution is 2.27. The molecule has 0 bridgehead atoms. The number of halogens is 1. The average Bonchev–Trinajstić information content (AvgIpc) is 2.73. The summed E-state index contributed by atoms with van der Waals surface area (Å²) in [5.41, 5.74) is 0. The van der Waals surface area contributed by atoms with Crippen molar-refractivity contribution in [3.63, 3.8) is 0 Å². The van der Waals surface area contributed by atoms with Gasteiger partial charge in [0.05, 0.1) is 6.54 Å². The first-order valence-corrected chi connectivity index (χ1v) is 7.35. The van der Waals surface area contributed by atoms with Crippen molar-refractivity contribution < 1.29 is 4.42 Å². The number of hydrogen-bond donors (Lipinski definition) is 1. The van der Waals surface area contributed by atoms with Crippen LogP contribution in [0, 0.1) is 9.68 Å². The molecule has 1 aliphatic carbocycles. The molecule has 2 unspecified atom stereocenters. The number of hydrogen-bond acceptors (Lipinski definition) is 2. The Kier molecular flexibility index (Phi) is 4.70. The van der Waals surface area contributed by atoms with Crippen LogP contribution in [0.1, 0.15) is 44.8 Å². The van der Waals surface area contributed by atoms with Crippen LogP contribution in [0.3, 0.4) is 0 Å². The van der Waals surface area contributed by atoms with E-state index in [9.17, 15) is 0 Å². The van der Waals surface area contributed by atoms with Gasteiger partial charge in [-0.15, -0.1) is 0 Å². The zero-order chi connectivity index (χ0) is 11.4. The Labute approximate surface area is 111 Å². The first kappa shape index (κ1) is 12.4. The van der Waals surface area contributed by atoms with Crippen molar-refractivity contribution in [2.45, 2.75) is 51.6 Å². The van der Waals surface area contributed by atoms with Crippen molar-refractivity contribution in [1.82, 2.24) is 5.32 Å². The molecule has 1 aromatic heterocycles. The van der Waals surface area contributed by atoms with Crippen LogP contribution in [0.25, 0.3) is 0 Å². The minimum atomic E-state index is 0.696. The summed E-state index contributed by atoms with van der Waals surface area (Å²) in [4.78, 5) is 0. The lowest BCUT2D eigenvalue weighted by atomic mass is 9.83. The van der Waals surface area contributed by atoms with E-state index in [0.717, 1.165) is 22.0 Å². The predicted octanol–water partition coefficient (Wildman–Crippen LogP) is 3.94. The monoisotopic (exact) mass is 333 g/mol. The molecule has 2 atom stereocenters. The van der Waals surface area contributed by atoms with Gasteiger partial charge >= 0.3 is 0 Å². The minimum absolute atomic E-state index is 0.696. The average molecular weight is 333 g/mol. The molecule has 0 aliphatic heterocycles. The first-order chi connectivity index (χ1) is 7.79. The van der Waals surface area contributed by atoms with E-state index in [1.807, 2.05) is 6.07 Å². The Morgan fingerprint density at radius 2 is 2.19 bits per heavy atom. The Hall–Kier alpha value is -0.0300. The van der Waals surface area contributed by atoms with E-state index in [4.69, 9.17) is 4.42 Å². The second kappa shape index (κ2) is 6.05. The van der Waals surface area contributed by atoms with Gasteiger partial charge in [-0.1, -0.05) is 26.2 Å². The van der Waals surface area contributed by atoms with E-state index in [-0.39, 0.29) is 0 Å². The molecular formula is C13H20INO. The van der Waals surface area contributed by atoms with Crippen molar-refractivity contribution in [2.24, 2.45) is 5.92 Å². The van der Waals surface area contributed by atoms with Crippen LogP contribution in [0.4, 0.5) is 0 Å². The largest absolute Gasteiger partial charge is 0.454 e. The van der Waals surface area contributed by atoms with Gasteiger partial charge in [-0.3, -0.25) is 0 Å². The Balaban J connectivity index is 1.84. The molecule has 16 heavy (non-hydrogen) atoms. The molecule has 0 saturated heterocycles. The quantitative estimate of drug-likeness (QED) is 0.845. The molecule has 90 valence electrons. The molecule has 0 aromatic carbocycles. The van der Waals surface area contributed by atoms with Gasteiger partial charge in [-0.05, 0) is 53.5 Å². The highest BCUT2D eigenvalue weighted by molar-refractivity contribution is 14.1. The summed E-state index contributed by atoms with van der Waals surface area (Å²) in [5.74, 6) is 1.92. The van der Waals surface area contributed by atoms with Gasteiger partial charge < -0.3 is 9.73 Å². The highest BCUT2D eigenvalue weighted by Gasteiger charge is 2.23. The zero-order valence-electron chi connectivity index (χ0n) is 9.84. The Bertz CT molecular complexity index is 323. The maximum absolute atomic E-state index is 5.57. The van der Waals surface area contributed by atoms with Crippen molar-refractivity contribution in [2.75, 3.05) is 0 Å². The number of furan rings is 1. The van der Waals surface area contributed by atoms with Crippen LogP contribution in [-0.4, -0.2) is 6.04 Å². The topological polar surface area (TPSA) is 25.2 Å². The van der Waals surface area contributed by atoms with E-state index < -0.39 is 0 Å². The van der Waals surface area contributed by atoms with E-state index in [0.29, 0.717) is 6.04 Å². The molecule has 1 heterocycles. The third kappa shape index (κ3) is 3.23.